The van der Waals surface area contributed by atoms with Crippen molar-refractivity contribution in [2.24, 2.45) is 5.41 Å². The van der Waals surface area contributed by atoms with E-state index in [1.807, 2.05) is 0 Å². The first kappa shape index (κ1) is 15.5. The van der Waals surface area contributed by atoms with Gasteiger partial charge in [-0.05, 0) is 38.8 Å². The highest BCUT2D eigenvalue weighted by Gasteiger charge is 2.41. The van der Waals surface area contributed by atoms with Crippen LogP contribution >= 0.6 is 11.6 Å². The molecule has 0 spiro atoms. The van der Waals surface area contributed by atoms with Crippen molar-refractivity contribution in [1.82, 2.24) is 15.1 Å². The second-order valence-corrected chi connectivity index (χ2v) is 6.08. The molecule has 4 nitrogen and oxygen atoms in total. The van der Waals surface area contributed by atoms with Crippen molar-refractivity contribution in [3.05, 3.63) is 16.9 Å². The van der Waals surface area contributed by atoms with Gasteiger partial charge in [-0.3, -0.25) is 9.48 Å². The Morgan fingerprint density at radius 1 is 1.40 bits per heavy atom. The summed E-state index contributed by atoms with van der Waals surface area (Å²) in [5, 5.41) is 8.10. The summed E-state index contributed by atoms with van der Waals surface area (Å²) in [7, 11) is 0. The molecule has 0 aliphatic carbocycles. The Bertz CT molecular complexity index is 458. The van der Waals surface area contributed by atoms with E-state index in [0.29, 0.717) is 10.7 Å². The highest BCUT2D eigenvalue weighted by Crippen LogP contribution is 2.39. The number of hydrogen-bond donors (Lipinski definition) is 1. The van der Waals surface area contributed by atoms with Gasteiger partial charge in [0.15, 0.2) is 5.78 Å². The maximum atomic E-state index is 13.1. The van der Waals surface area contributed by atoms with E-state index in [0.717, 1.165) is 51.7 Å². The van der Waals surface area contributed by atoms with Crippen LogP contribution in [-0.2, 0) is 6.54 Å². The Labute approximate surface area is 125 Å². The van der Waals surface area contributed by atoms with Crippen molar-refractivity contribution >= 4 is 17.4 Å². The molecule has 1 fully saturated rings. The lowest BCUT2D eigenvalue weighted by molar-refractivity contribution is 0.0692. The molecule has 1 saturated heterocycles. The first-order chi connectivity index (χ1) is 9.64. The molecular formula is C15H24ClN3O. The van der Waals surface area contributed by atoms with E-state index in [1.165, 1.54) is 0 Å². The lowest BCUT2D eigenvalue weighted by Gasteiger charge is -2.36. The first-order valence-corrected chi connectivity index (χ1v) is 7.99. The monoisotopic (exact) mass is 297 g/mol. The number of halogens is 1. The molecule has 0 unspecified atom stereocenters. The zero-order valence-corrected chi connectivity index (χ0v) is 13.2. The molecular weight excluding hydrogens is 274 g/mol. The van der Waals surface area contributed by atoms with E-state index in [4.69, 9.17) is 11.6 Å². The largest absolute Gasteiger partial charge is 0.317 e. The van der Waals surface area contributed by atoms with Gasteiger partial charge in [-0.15, -0.1) is 0 Å². The third kappa shape index (κ3) is 2.91. The molecule has 0 amide bonds. The summed E-state index contributed by atoms with van der Waals surface area (Å²) in [4.78, 5) is 13.1. The van der Waals surface area contributed by atoms with Crippen LogP contribution < -0.4 is 5.32 Å². The van der Waals surface area contributed by atoms with Crippen LogP contribution in [0, 0.1) is 5.41 Å². The molecule has 1 N–H and O–H groups in total. The van der Waals surface area contributed by atoms with E-state index >= 15 is 0 Å². The van der Waals surface area contributed by atoms with Crippen molar-refractivity contribution in [2.75, 3.05) is 13.1 Å². The molecule has 0 radical (unpaired) electrons. The average Bonchev–Trinajstić information content (AvgIpc) is 2.81. The Kier molecular flexibility index (Phi) is 5.22. The highest BCUT2D eigenvalue weighted by atomic mass is 35.5. The van der Waals surface area contributed by atoms with Crippen molar-refractivity contribution < 1.29 is 4.79 Å². The number of piperidine rings is 1. The molecule has 20 heavy (non-hydrogen) atoms. The molecule has 1 aliphatic rings. The summed E-state index contributed by atoms with van der Waals surface area (Å²) in [6.45, 7) is 6.78. The molecule has 0 atom stereocenters. The third-order valence-corrected chi connectivity index (χ3v) is 4.49. The normalized spacial score (nSPS) is 18.1. The van der Waals surface area contributed by atoms with Crippen LogP contribution in [0.3, 0.4) is 0 Å². The van der Waals surface area contributed by atoms with Gasteiger partial charge in [-0.25, -0.2) is 0 Å². The predicted molar refractivity (Wildman–Crippen MR) is 81.3 cm³/mol. The van der Waals surface area contributed by atoms with Crippen molar-refractivity contribution in [3.63, 3.8) is 0 Å². The smallest absolute Gasteiger partial charge is 0.188 e. The molecule has 1 aromatic rings. The Hall–Kier alpha value is -0.870. The maximum absolute atomic E-state index is 13.1. The number of aromatic nitrogens is 2. The lowest BCUT2D eigenvalue weighted by Crippen LogP contribution is -2.43. The number of hydrogen-bond acceptors (Lipinski definition) is 3. The van der Waals surface area contributed by atoms with E-state index in [2.05, 4.69) is 24.3 Å². The van der Waals surface area contributed by atoms with Crippen LogP contribution in [0.2, 0.25) is 5.02 Å². The van der Waals surface area contributed by atoms with Crippen LogP contribution in [0.1, 0.15) is 56.4 Å². The lowest BCUT2D eigenvalue weighted by atomic mass is 9.71. The number of rotatable bonds is 6. The van der Waals surface area contributed by atoms with E-state index < -0.39 is 0 Å². The second-order valence-electron chi connectivity index (χ2n) is 5.67. The van der Waals surface area contributed by atoms with Gasteiger partial charge in [-0.1, -0.05) is 31.9 Å². The van der Waals surface area contributed by atoms with Gasteiger partial charge in [0.2, 0.25) is 0 Å². The Morgan fingerprint density at radius 3 is 2.70 bits per heavy atom. The topological polar surface area (TPSA) is 46.9 Å². The number of Topliss-reactive ketones (excluding diaryl/α,β-unsaturated/α-hetero) is 1. The fourth-order valence-corrected chi connectivity index (χ4v) is 3.42. The number of carbonyl (C=O) groups excluding carboxylic acids is 1. The molecule has 0 bridgehead atoms. The standard InChI is InChI=1S/C15H24ClN3O/c1-3-5-15(6-8-17-9-7-15)14(20)13-12(16)11-18-19(13)10-4-2/h11,17H,3-10H2,1-2H3. The molecule has 112 valence electrons. The minimum atomic E-state index is -0.255. The number of nitrogens with zero attached hydrogens (tertiary/aromatic N) is 2. The summed E-state index contributed by atoms with van der Waals surface area (Å²) in [5.74, 6) is 0.191. The zero-order valence-electron chi connectivity index (χ0n) is 12.4. The Balaban J connectivity index is 2.34. The quantitative estimate of drug-likeness (QED) is 0.820. The summed E-state index contributed by atoms with van der Waals surface area (Å²) in [6.07, 6.45) is 6.29. The van der Waals surface area contributed by atoms with Crippen molar-refractivity contribution in [1.29, 1.82) is 0 Å². The van der Waals surface area contributed by atoms with Crippen LogP contribution in [0.15, 0.2) is 6.20 Å². The van der Waals surface area contributed by atoms with Gasteiger partial charge in [0, 0.05) is 12.0 Å². The second kappa shape index (κ2) is 6.72. The molecule has 1 aromatic heterocycles. The summed E-state index contributed by atoms with van der Waals surface area (Å²) in [5.41, 5.74) is 0.360. The molecule has 2 rings (SSSR count). The van der Waals surface area contributed by atoms with Gasteiger partial charge in [0.05, 0.1) is 11.2 Å². The summed E-state index contributed by atoms with van der Waals surface area (Å²) in [6, 6.07) is 0. The fraction of sp³-hybridized carbons (Fsp3) is 0.733. The minimum Gasteiger partial charge on any atom is -0.317 e. The number of carbonyl (C=O) groups is 1. The summed E-state index contributed by atoms with van der Waals surface area (Å²) < 4.78 is 1.78. The van der Waals surface area contributed by atoms with Crippen LogP contribution in [0.25, 0.3) is 0 Å². The summed E-state index contributed by atoms with van der Waals surface area (Å²) >= 11 is 6.24. The number of aryl methyl sites for hydroxylation is 1. The fourth-order valence-electron chi connectivity index (χ4n) is 3.20. The van der Waals surface area contributed by atoms with Gasteiger partial charge in [0.25, 0.3) is 0 Å². The number of nitrogens with one attached hydrogen (secondary N) is 1. The maximum Gasteiger partial charge on any atom is 0.188 e. The highest BCUT2D eigenvalue weighted by molar-refractivity contribution is 6.33. The van der Waals surface area contributed by atoms with E-state index in [9.17, 15) is 4.79 Å². The molecule has 5 heteroatoms. The van der Waals surface area contributed by atoms with Crippen LogP contribution in [0.5, 0.6) is 0 Å². The van der Waals surface area contributed by atoms with E-state index in [-0.39, 0.29) is 11.2 Å². The SMILES string of the molecule is CCCn1ncc(Cl)c1C(=O)C1(CCC)CCNCC1. The van der Waals surface area contributed by atoms with Gasteiger partial charge < -0.3 is 5.32 Å². The van der Waals surface area contributed by atoms with Crippen molar-refractivity contribution in [2.45, 2.75) is 52.5 Å². The van der Waals surface area contributed by atoms with Crippen LogP contribution in [0.4, 0.5) is 0 Å². The van der Waals surface area contributed by atoms with Gasteiger partial charge in [-0.2, -0.15) is 5.10 Å². The molecule has 0 saturated carbocycles. The zero-order chi connectivity index (χ0) is 14.6. The van der Waals surface area contributed by atoms with E-state index in [1.54, 1.807) is 10.9 Å². The van der Waals surface area contributed by atoms with Crippen molar-refractivity contribution in [3.8, 4) is 0 Å². The number of ketones is 1. The average molecular weight is 298 g/mol. The predicted octanol–water partition coefficient (Wildman–Crippen LogP) is 3.30. The van der Waals surface area contributed by atoms with Gasteiger partial charge in [0.1, 0.15) is 5.69 Å². The Morgan fingerprint density at radius 2 is 2.10 bits per heavy atom. The molecule has 1 aliphatic heterocycles. The first-order valence-electron chi connectivity index (χ1n) is 7.61. The molecule has 0 aromatic carbocycles. The van der Waals surface area contributed by atoms with Crippen LogP contribution in [-0.4, -0.2) is 28.7 Å². The third-order valence-electron chi connectivity index (χ3n) is 4.22. The van der Waals surface area contributed by atoms with Gasteiger partial charge >= 0.3 is 0 Å². The minimum absolute atomic E-state index is 0.191. The molecule has 2 heterocycles.